The first-order valence-corrected chi connectivity index (χ1v) is 10.8. The van der Waals surface area contributed by atoms with E-state index in [4.69, 9.17) is 23.2 Å². The number of halogens is 3. The highest BCUT2D eigenvalue weighted by atomic mass is 35.5. The standard InChI is InChI=1S/C23H26Cl2N2O.ClH/c1-27(2,22-12-16-3-6-17(22)11-16)14-15-4-8-19(9-5-15)26-23(28)18-7-10-20(24)21(25)13-18;/h4-5,7-10,13,16-17,22H,3,6,11-12,14H2,1-2H3;1H. The molecule has 2 aliphatic carbocycles. The van der Waals surface area contributed by atoms with Gasteiger partial charge in [-0.15, -0.1) is 0 Å². The molecule has 1 amide bonds. The molecule has 0 radical (unpaired) electrons. The minimum atomic E-state index is -0.190. The SMILES string of the molecule is C[N+](C)(Cc1ccc(NC(=O)c2ccc(Cl)c(Cl)c2)cc1)C1CC2CCC1C2.[Cl-]. The fraction of sp³-hybridized carbons (Fsp3) is 0.435. The van der Waals surface area contributed by atoms with Gasteiger partial charge in [-0.1, -0.05) is 35.3 Å². The van der Waals surface area contributed by atoms with Crippen LogP contribution in [0.15, 0.2) is 42.5 Å². The van der Waals surface area contributed by atoms with Crippen molar-refractivity contribution in [3.8, 4) is 0 Å². The molecule has 0 heterocycles. The second kappa shape index (κ2) is 8.85. The number of quaternary nitrogens is 1. The number of carbonyl (C=O) groups is 1. The zero-order chi connectivity index (χ0) is 19.9. The predicted molar refractivity (Wildman–Crippen MR) is 116 cm³/mol. The van der Waals surface area contributed by atoms with Gasteiger partial charge < -0.3 is 22.2 Å². The number of carbonyl (C=O) groups excluding carboxylic acids is 1. The van der Waals surface area contributed by atoms with E-state index < -0.39 is 0 Å². The lowest BCUT2D eigenvalue weighted by Gasteiger charge is -2.40. The first-order chi connectivity index (χ1) is 13.3. The molecular formula is C23H27Cl3N2O. The van der Waals surface area contributed by atoms with Gasteiger partial charge in [-0.25, -0.2) is 0 Å². The van der Waals surface area contributed by atoms with Gasteiger partial charge in [0.15, 0.2) is 0 Å². The van der Waals surface area contributed by atoms with E-state index in [-0.39, 0.29) is 18.3 Å². The Kier molecular flexibility index (Phi) is 6.84. The second-order valence-electron chi connectivity index (χ2n) is 8.96. The van der Waals surface area contributed by atoms with Crippen molar-refractivity contribution in [1.29, 1.82) is 0 Å². The number of amides is 1. The second-order valence-corrected chi connectivity index (χ2v) is 9.77. The molecule has 2 aromatic carbocycles. The van der Waals surface area contributed by atoms with Crippen LogP contribution in [-0.4, -0.2) is 30.5 Å². The fourth-order valence-electron chi connectivity index (χ4n) is 5.19. The van der Waals surface area contributed by atoms with Crippen molar-refractivity contribution in [3.63, 3.8) is 0 Å². The molecule has 3 unspecified atom stereocenters. The average molecular weight is 454 g/mol. The summed E-state index contributed by atoms with van der Waals surface area (Å²) in [6.07, 6.45) is 5.67. The molecule has 0 aromatic heterocycles. The van der Waals surface area contributed by atoms with Crippen molar-refractivity contribution < 1.29 is 21.7 Å². The fourth-order valence-corrected chi connectivity index (χ4v) is 5.49. The summed E-state index contributed by atoms with van der Waals surface area (Å²) in [5.41, 5.74) is 2.58. The summed E-state index contributed by atoms with van der Waals surface area (Å²) in [6.45, 7) is 1.02. The number of anilines is 1. The third-order valence-electron chi connectivity index (χ3n) is 6.58. The van der Waals surface area contributed by atoms with Crippen molar-refractivity contribution in [2.75, 3.05) is 19.4 Å². The largest absolute Gasteiger partial charge is 1.00 e. The minimum absolute atomic E-state index is 0. The molecule has 6 heteroatoms. The summed E-state index contributed by atoms with van der Waals surface area (Å²) in [6, 6.07) is 13.9. The smallest absolute Gasteiger partial charge is 0.255 e. The third-order valence-corrected chi connectivity index (χ3v) is 7.32. The molecule has 2 saturated carbocycles. The van der Waals surface area contributed by atoms with Crippen LogP contribution in [0.5, 0.6) is 0 Å². The molecule has 29 heavy (non-hydrogen) atoms. The van der Waals surface area contributed by atoms with Crippen molar-refractivity contribution in [2.24, 2.45) is 11.8 Å². The van der Waals surface area contributed by atoms with E-state index in [1.165, 1.54) is 31.2 Å². The molecule has 4 rings (SSSR count). The molecule has 1 N–H and O–H groups in total. The summed E-state index contributed by atoms with van der Waals surface area (Å²) in [7, 11) is 4.73. The molecule has 2 fully saturated rings. The Morgan fingerprint density at radius 1 is 1.03 bits per heavy atom. The third kappa shape index (κ3) is 4.91. The quantitative estimate of drug-likeness (QED) is 0.693. The van der Waals surface area contributed by atoms with Crippen molar-refractivity contribution in [3.05, 3.63) is 63.6 Å². The first-order valence-electron chi connectivity index (χ1n) is 10.00. The lowest BCUT2D eigenvalue weighted by atomic mass is 9.92. The van der Waals surface area contributed by atoms with Crippen LogP contribution in [0.2, 0.25) is 10.0 Å². The van der Waals surface area contributed by atoms with E-state index in [1.807, 2.05) is 12.1 Å². The number of rotatable bonds is 5. The first kappa shape index (κ1) is 22.4. The summed E-state index contributed by atoms with van der Waals surface area (Å²) in [5, 5.41) is 3.75. The topological polar surface area (TPSA) is 29.1 Å². The molecule has 0 spiro atoms. The highest BCUT2D eigenvalue weighted by Gasteiger charge is 2.47. The maximum absolute atomic E-state index is 12.4. The van der Waals surface area contributed by atoms with E-state index in [0.29, 0.717) is 15.6 Å². The average Bonchev–Trinajstić information content (AvgIpc) is 3.29. The van der Waals surface area contributed by atoms with Crippen molar-refractivity contribution >= 4 is 34.8 Å². The lowest BCUT2D eigenvalue weighted by molar-refractivity contribution is -0.931. The van der Waals surface area contributed by atoms with Crippen LogP contribution in [0.25, 0.3) is 0 Å². The molecule has 3 atom stereocenters. The molecule has 156 valence electrons. The van der Waals surface area contributed by atoms with Gasteiger partial charge in [0.2, 0.25) is 0 Å². The van der Waals surface area contributed by atoms with Crippen LogP contribution in [0, 0.1) is 11.8 Å². The summed E-state index contributed by atoms with van der Waals surface area (Å²) in [4.78, 5) is 12.4. The molecule has 2 aromatic rings. The maximum atomic E-state index is 12.4. The van der Waals surface area contributed by atoms with E-state index in [0.717, 1.165) is 34.6 Å². The van der Waals surface area contributed by atoms with Crippen LogP contribution >= 0.6 is 23.2 Å². The molecule has 0 saturated heterocycles. The zero-order valence-electron chi connectivity index (χ0n) is 16.8. The predicted octanol–water partition coefficient (Wildman–Crippen LogP) is 3.01. The summed E-state index contributed by atoms with van der Waals surface area (Å²) in [5.74, 6) is 1.68. The van der Waals surface area contributed by atoms with Gasteiger partial charge >= 0.3 is 0 Å². The van der Waals surface area contributed by atoms with Gasteiger partial charge in [-0.05, 0) is 55.5 Å². The number of nitrogens with one attached hydrogen (secondary N) is 1. The Morgan fingerprint density at radius 2 is 1.76 bits per heavy atom. The monoisotopic (exact) mass is 452 g/mol. The van der Waals surface area contributed by atoms with E-state index in [2.05, 4.69) is 31.5 Å². The molecule has 2 bridgehead atoms. The number of fused-ring (bicyclic) bond motifs is 2. The van der Waals surface area contributed by atoms with Crippen molar-refractivity contribution in [2.45, 2.75) is 38.3 Å². The Bertz CT molecular complexity index is 882. The highest BCUT2D eigenvalue weighted by molar-refractivity contribution is 6.42. The number of hydrogen-bond acceptors (Lipinski definition) is 1. The van der Waals surface area contributed by atoms with E-state index >= 15 is 0 Å². The summed E-state index contributed by atoms with van der Waals surface area (Å²) >= 11 is 11.9. The van der Waals surface area contributed by atoms with E-state index in [1.54, 1.807) is 18.2 Å². The molecular weight excluding hydrogens is 427 g/mol. The van der Waals surface area contributed by atoms with Crippen LogP contribution in [0.4, 0.5) is 5.69 Å². The van der Waals surface area contributed by atoms with Gasteiger partial charge in [-0.2, -0.15) is 0 Å². The summed E-state index contributed by atoms with van der Waals surface area (Å²) < 4.78 is 1.05. The Balaban J connectivity index is 0.00000240. The van der Waals surface area contributed by atoms with Crippen LogP contribution < -0.4 is 17.7 Å². The molecule has 0 aliphatic heterocycles. The highest BCUT2D eigenvalue weighted by Crippen LogP contribution is 2.48. The van der Waals surface area contributed by atoms with Gasteiger partial charge in [0.25, 0.3) is 5.91 Å². The van der Waals surface area contributed by atoms with Crippen LogP contribution in [-0.2, 0) is 6.54 Å². The van der Waals surface area contributed by atoms with Gasteiger partial charge in [0.1, 0.15) is 6.54 Å². The number of hydrogen-bond donors (Lipinski definition) is 1. The van der Waals surface area contributed by atoms with Gasteiger partial charge in [0.05, 0.1) is 30.2 Å². The van der Waals surface area contributed by atoms with Crippen LogP contribution in [0.3, 0.4) is 0 Å². The van der Waals surface area contributed by atoms with Crippen LogP contribution in [0.1, 0.15) is 41.6 Å². The number of benzene rings is 2. The van der Waals surface area contributed by atoms with Gasteiger partial charge in [-0.3, -0.25) is 4.79 Å². The molecule has 3 nitrogen and oxygen atoms in total. The van der Waals surface area contributed by atoms with E-state index in [9.17, 15) is 4.79 Å². The van der Waals surface area contributed by atoms with Crippen molar-refractivity contribution in [1.82, 2.24) is 0 Å². The van der Waals surface area contributed by atoms with Gasteiger partial charge in [0, 0.05) is 29.2 Å². The number of nitrogens with zero attached hydrogens (tertiary/aromatic N) is 1. The maximum Gasteiger partial charge on any atom is 0.255 e. The Hall–Kier alpha value is -1.26. The Labute approximate surface area is 189 Å². The lowest BCUT2D eigenvalue weighted by Crippen LogP contribution is -3.00. The Morgan fingerprint density at radius 3 is 2.34 bits per heavy atom. The normalized spacial score (nSPS) is 23.0. The molecule has 2 aliphatic rings. The zero-order valence-corrected chi connectivity index (χ0v) is 19.1. The minimum Gasteiger partial charge on any atom is -1.00 e.